The van der Waals surface area contributed by atoms with Gasteiger partial charge in [0.05, 0.1) is 11.7 Å². The summed E-state index contributed by atoms with van der Waals surface area (Å²) in [7, 11) is -0.173. The second-order valence-electron chi connectivity index (χ2n) is 13.3. The molecule has 7 aliphatic rings. The van der Waals surface area contributed by atoms with Gasteiger partial charge in [0.15, 0.2) is 0 Å². The van der Waals surface area contributed by atoms with Gasteiger partial charge in [0.25, 0.3) is 0 Å². The van der Waals surface area contributed by atoms with Crippen molar-refractivity contribution in [2.45, 2.75) is 113 Å². The number of fused-ring (bicyclic) bond motifs is 1. The largest absolute Gasteiger partial charge is 0.461 e. The van der Waals surface area contributed by atoms with Crippen LogP contribution in [0.15, 0.2) is 17.0 Å². The molecule has 0 radical (unpaired) electrons. The number of cyclic esters (lactones) is 1. The zero-order chi connectivity index (χ0) is 24.5. The molecule has 35 heavy (non-hydrogen) atoms. The molecule has 0 unspecified atom stereocenters. The third kappa shape index (κ3) is 3.40. The summed E-state index contributed by atoms with van der Waals surface area (Å²) in [5.74, 6) is 2.13. The Balaban J connectivity index is 1.16. The highest BCUT2D eigenvalue weighted by Gasteiger charge is 2.70. The number of benzene rings is 1. The minimum Gasteiger partial charge on any atom is -0.452 e. The number of ether oxygens (including phenoxy) is 2. The third-order valence-corrected chi connectivity index (χ3v) is 11.5. The Morgan fingerprint density at radius 3 is 2.54 bits per heavy atom. The van der Waals surface area contributed by atoms with E-state index in [0.29, 0.717) is 28.0 Å². The number of carbonyl (C=O) groups excluding carboxylic acids is 1. The van der Waals surface area contributed by atoms with Crippen molar-refractivity contribution in [3.05, 3.63) is 23.3 Å². The van der Waals surface area contributed by atoms with Crippen LogP contribution in [-0.4, -0.2) is 35.8 Å². The van der Waals surface area contributed by atoms with Gasteiger partial charge in [-0.2, -0.15) is 0 Å². The van der Waals surface area contributed by atoms with Crippen molar-refractivity contribution in [2.24, 2.45) is 23.2 Å². The molecule has 1 aromatic rings. The fraction of sp³-hybridized carbons (Fsp3) is 0.750. The van der Waals surface area contributed by atoms with Crippen LogP contribution < -0.4 is 4.74 Å². The molecule has 0 spiro atoms. The van der Waals surface area contributed by atoms with Crippen molar-refractivity contribution in [1.29, 1.82) is 0 Å². The lowest BCUT2D eigenvalue weighted by Gasteiger charge is -2.64. The van der Waals surface area contributed by atoms with Gasteiger partial charge >= 0.3 is 13.1 Å². The Bertz CT molecular complexity index is 1100. The minimum absolute atomic E-state index is 0.173. The first kappa shape index (κ1) is 23.0. The summed E-state index contributed by atoms with van der Waals surface area (Å²) < 4.78 is 25.4. The maximum atomic E-state index is 13.2. The van der Waals surface area contributed by atoms with Gasteiger partial charge in [-0.1, -0.05) is 26.8 Å². The summed E-state index contributed by atoms with van der Waals surface area (Å²) in [5, 5.41) is 0.487. The number of thioether (sulfide) groups is 1. The van der Waals surface area contributed by atoms with E-state index in [1.54, 1.807) is 11.8 Å². The minimum atomic E-state index is -0.968. The van der Waals surface area contributed by atoms with Gasteiger partial charge in [-0.3, -0.25) is 0 Å². The first-order valence-electron chi connectivity index (χ1n) is 13.6. The quantitative estimate of drug-likeness (QED) is 0.265. The third-order valence-electron chi connectivity index (χ3n) is 10.2. The van der Waals surface area contributed by atoms with Crippen LogP contribution in [0.2, 0.25) is 5.82 Å². The first-order chi connectivity index (χ1) is 16.5. The van der Waals surface area contributed by atoms with Crippen molar-refractivity contribution in [3.8, 4) is 5.75 Å². The molecule has 8 rings (SSSR count). The fourth-order valence-corrected chi connectivity index (χ4v) is 8.94. The molecule has 2 bridgehead atoms. The molecule has 188 valence electrons. The highest BCUT2D eigenvalue weighted by atomic mass is 32.2. The molecule has 2 heterocycles. The van der Waals surface area contributed by atoms with Crippen LogP contribution in [0.1, 0.15) is 95.5 Å². The van der Waals surface area contributed by atoms with E-state index in [2.05, 4.69) is 39.8 Å². The monoisotopic (exact) mass is 496 g/mol. The second kappa shape index (κ2) is 7.23. The Morgan fingerprint density at radius 1 is 1.06 bits per heavy atom. The number of esters is 1. The van der Waals surface area contributed by atoms with E-state index in [9.17, 15) is 4.79 Å². The van der Waals surface area contributed by atoms with Crippen molar-refractivity contribution in [1.82, 2.24) is 0 Å². The molecule has 7 atom stereocenters. The van der Waals surface area contributed by atoms with E-state index in [1.165, 1.54) is 19.3 Å². The Kier molecular flexibility index (Phi) is 4.74. The normalized spacial score (nSPS) is 40.7. The van der Waals surface area contributed by atoms with Crippen LogP contribution in [0, 0.1) is 23.2 Å². The van der Waals surface area contributed by atoms with Crippen molar-refractivity contribution >= 4 is 24.8 Å². The summed E-state index contributed by atoms with van der Waals surface area (Å²) >= 11 is 1.79. The van der Waals surface area contributed by atoms with E-state index in [0.717, 1.165) is 40.9 Å². The SMILES string of the molecule is C[C@@H](Sc1ccc([C@H]2C[C@H]2B2O[C@H]3C[C@H]4C[C@H](C4(C)C)[C@]3(C)O2)c2c1C(=O)OC(C)(C)O2)C1CC1. The van der Waals surface area contributed by atoms with Crippen LogP contribution >= 0.6 is 11.8 Å². The van der Waals surface area contributed by atoms with Gasteiger partial charge < -0.3 is 18.8 Å². The highest BCUT2D eigenvalue weighted by molar-refractivity contribution is 8.00. The number of carbonyl (C=O) groups is 1. The van der Waals surface area contributed by atoms with Crippen molar-refractivity contribution in [3.63, 3.8) is 0 Å². The van der Waals surface area contributed by atoms with E-state index in [4.69, 9.17) is 18.8 Å². The Hall–Kier alpha value is -1.18. The molecule has 5 aliphatic carbocycles. The number of rotatable bonds is 5. The lowest BCUT2D eigenvalue weighted by Crippen LogP contribution is -2.65. The molecule has 0 amide bonds. The van der Waals surface area contributed by atoms with Gasteiger partial charge in [-0.15, -0.1) is 11.8 Å². The average Bonchev–Trinajstić information content (AvgIpc) is 3.68. The standard InChI is InChI=1S/C28H37BO5S/c1-14(15-7-8-15)35-20-10-9-17(24-23(20)25(30)32-27(4,5)31-24)18-13-19(18)29-33-22-12-16-11-21(26(16,2)3)28(22,6)34-29/h9-10,14-16,18-19,21-22H,7-8,11-13H2,1-6H3/t14-,16-,18-,19-,21-,22+,28+/m1/s1. The molecular formula is C28H37BO5S. The van der Waals surface area contributed by atoms with E-state index in [-0.39, 0.29) is 30.7 Å². The van der Waals surface area contributed by atoms with Gasteiger partial charge in [-0.05, 0) is 79.7 Å². The molecule has 5 saturated carbocycles. The average molecular weight is 496 g/mol. The zero-order valence-corrected chi connectivity index (χ0v) is 22.6. The molecule has 6 fully saturated rings. The lowest BCUT2D eigenvalue weighted by atomic mass is 9.43. The number of hydrogen-bond donors (Lipinski definition) is 0. The van der Waals surface area contributed by atoms with E-state index in [1.807, 2.05) is 13.8 Å². The number of hydrogen-bond acceptors (Lipinski definition) is 6. The van der Waals surface area contributed by atoms with E-state index < -0.39 is 5.79 Å². The van der Waals surface area contributed by atoms with Gasteiger partial charge in [-0.25, -0.2) is 4.79 Å². The van der Waals surface area contributed by atoms with Crippen LogP contribution in [0.25, 0.3) is 0 Å². The summed E-state index contributed by atoms with van der Waals surface area (Å²) in [4.78, 5) is 14.2. The maximum absolute atomic E-state index is 13.2. The summed E-state index contributed by atoms with van der Waals surface area (Å²) in [5.41, 5.74) is 1.88. The van der Waals surface area contributed by atoms with Gasteiger partial charge in [0, 0.05) is 29.8 Å². The van der Waals surface area contributed by atoms with Crippen LogP contribution in [0.5, 0.6) is 5.75 Å². The molecule has 0 aromatic heterocycles. The molecule has 1 aromatic carbocycles. The van der Waals surface area contributed by atoms with Crippen LogP contribution in [-0.2, 0) is 14.0 Å². The second-order valence-corrected chi connectivity index (χ2v) is 14.7. The Labute approximate surface area is 213 Å². The van der Waals surface area contributed by atoms with E-state index >= 15 is 0 Å². The molecule has 2 aliphatic heterocycles. The summed E-state index contributed by atoms with van der Waals surface area (Å²) in [6.07, 6.45) is 6.14. The summed E-state index contributed by atoms with van der Waals surface area (Å²) in [6.45, 7) is 13.0. The topological polar surface area (TPSA) is 54.0 Å². The highest BCUT2D eigenvalue weighted by Crippen LogP contribution is 2.68. The zero-order valence-electron chi connectivity index (χ0n) is 21.8. The molecule has 0 N–H and O–H groups in total. The van der Waals surface area contributed by atoms with Gasteiger partial charge in [0.1, 0.15) is 11.3 Å². The summed E-state index contributed by atoms with van der Waals surface area (Å²) in [6, 6.07) is 4.30. The predicted octanol–water partition coefficient (Wildman–Crippen LogP) is 6.45. The van der Waals surface area contributed by atoms with Crippen molar-refractivity contribution < 1.29 is 23.6 Å². The van der Waals surface area contributed by atoms with Gasteiger partial charge in [0.2, 0.25) is 5.79 Å². The lowest BCUT2D eigenvalue weighted by molar-refractivity contribution is -0.199. The molecular weight excluding hydrogens is 459 g/mol. The fourth-order valence-electron chi connectivity index (χ4n) is 7.63. The van der Waals surface area contributed by atoms with Crippen molar-refractivity contribution in [2.75, 3.05) is 0 Å². The molecule has 5 nitrogen and oxygen atoms in total. The molecule has 1 saturated heterocycles. The molecule has 7 heteroatoms. The Morgan fingerprint density at radius 2 is 1.83 bits per heavy atom. The smallest absolute Gasteiger partial charge is 0.452 e. The first-order valence-corrected chi connectivity index (χ1v) is 14.4. The maximum Gasteiger partial charge on any atom is 0.461 e. The van der Waals surface area contributed by atoms with Crippen LogP contribution in [0.3, 0.4) is 0 Å². The van der Waals surface area contributed by atoms with Crippen LogP contribution in [0.4, 0.5) is 0 Å². The predicted molar refractivity (Wildman–Crippen MR) is 136 cm³/mol.